The molecule has 0 aliphatic rings. The van der Waals surface area contributed by atoms with Gasteiger partial charge in [0.05, 0.1) is 23.8 Å². The highest BCUT2D eigenvalue weighted by Crippen LogP contribution is 2.19. The number of nitrogens with zero attached hydrogens (tertiary/aromatic N) is 1. The number of rotatable bonds is 6. The van der Waals surface area contributed by atoms with E-state index in [1.165, 1.54) is 0 Å². The molecule has 5 nitrogen and oxygen atoms in total. The maximum absolute atomic E-state index is 13.7. The topological polar surface area (TPSA) is 71.1 Å². The summed E-state index contributed by atoms with van der Waals surface area (Å²) in [5.74, 6) is -3.06. The van der Waals surface area contributed by atoms with Crippen LogP contribution >= 0.6 is 0 Å². The molecule has 3 aromatic rings. The summed E-state index contributed by atoms with van der Waals surface area (Å²) in [6.07, 6.45) is 1.62. The molecule has 1 heterocycles. The summed E-state index contributed by atoms with van der Waals surface area (Å²) in [7, 11) is 0. The zero-order valence-electron chi connectivity index (χ0n) is 14.7. The molecule has 0 spiro atoms. The van der Waals surface area contributed by atoms with Crippen molar-refractivity contribution in [2.45, 2.75) is 6.04 Å². The van der Waals surface area contributed by atoms with Crippen LogP contribution in [0.5, 0.6) is 0 Å². The summed E-state index contributed by atoms with van der Waals surface area (Å²) in [6, 6.07) is 16.7. The number of hydrogen-bond acceptors (Lipinski definition) is 3. The minimum Gasteiger partial charge on any atom is -0.343 e. The monoisotopic (exact) mass is 381 g/mol. The first-order chi connectivity index (χ1) is 13.5. The lowest BCUT2D eigenvalue weighted by Crippen LogP contribution is -2.39. The molecular formula is C21H17F2N3O2. The van der Waals surface area contributed by atoms with Crippen LogP contribution in [-0.4, -0.2) is 23.3 Å². The molecule has 28 heavy (non-hydrogen) atoms. The van der Waals surface area contributed by atoms with Gasteiger partial charge < -0.3 is 10.6 Å². The Morgan fingerprint density at radius 2 is 1.71 bits per heavy atom. The van der Waals surface area contributed by atoms with Crippen molar-refractivity contribution in [1.29, 1.82) is 0 Å². The van der Waals surface area contributed by atoms with Gasteiger partial charge in [-0.05, 0) is 29.8 Å². The van der Waals surface area contributed by atoms with Gasteiger partial charge in [0.1, 0.15) is 11.6 Å². The summed E-state index contributed by atoms with van der Waals surface area (Å²) in [5, 5.41) is 5.14. The molecule has 2 aromatic carbocycles. The molecule has 2 amide bonds. The first kappa shape index (κ1) is 19.2. The number of halogens is 2. The van der Waals surface area contributed by atoms with Crippen molar-refractivity contribution >= 4 is 11.8 Å². The Hall–Kier alpha value is -3.61. The Morgan fingerprint density at radius 1 is 0.964 bits per heavy atom. The number of carbonyl (C=O) groups excluding carboxylic acids is 2. The second kappa shape index (κ2) is 8.85. The van der Waals surface area contributed by atoms with Gasteiger partial charge in [0, 0.05) is 12.3 Å². The molecule has 1 unspecified atom stereocenters. The van der Waals surface area contributed by atoms with E-state index in [4.69, 9.17) is 0 Å². The van der Waals surface area contributed by atoms with Crippen molar-refractivity contribution < 1.29 is 18.4 Å². The molecule has 7 heteroatoms. The van der Waals surface area contributed by atoms with Gasteiger partial charge in [-0.15, -0.1) is 0 Å². The highest BCUT2D eigenvalue weighted by atomic mass is 19.1. The van der Waals surface area contributed by atoms with Gasteiger partial charge in [0.15, 0.2) is 0 Å². The van der Waals surface area contributed by atoms with E-state index >= 15 is 0 Å². The minimum atomic E-state index is -0.992. The van der Waals surface area contributed by atoms with E-state index in [0.717, 1.165) is 17.7 Å². The van der Waals surface area contributed by atoms with E-state index in [1.54, 1.807) is 18.3 Å². The van der Waals surface area contributed by atoms with Crippen LogP contribution in [0.4, 0.5) is 8.78 Å². The molecule has 3 rings (SSSR count). The molecule has 2 N–H and O–H groups in total. The van der Waals surface area contributed by atoms with Crippen LogP contribution in [0.15, 0.2) is 72.9 Å². The predicted molar refractivity (Wildman–Crippen MR) is 99.4 cm³/mol. The van der Waals surface area contributed by atoms with Crippen LogP contribution in [-0.2, 0) is 4.79 Å². The van der Waals surface area contributed by atoms with Crippen molar-refractivity contribution in [3.63, 3.8) is 0 Å². The molecule has 0 saturated carbocycles. The van der Waals surface area contributed by atoms with Gasteiger partial charge in [-0.3, -0.25) is 14.6 Å². The van der Waals surface area contributed by atoms with Crippen LogP contribution in [0.3, 0.4) is 0 Å². The zero-order valence-corrected chi connectivity index (χ0v) is 14.7. The zero-order chi connectivity index (χ0) is 19.9. The number of carbonyl (C=O) groups is 2. The van der Waals surface area contributed by atoms with Gasteiger partial charge in [0.25, 0.3) is 5.91 Å². The highest BCUT2D eigenvalue weighted by Gasteiger charge is 2.19. The maximum Gasteiger partial charge on any atom is 0.254 e. The fourth-order valence-corrected chi connectivity index (χ4v) is 2.66. The van der Waals surface area contributed by atoms with E-state index in [1.807, 2.05) is 36.4 Å². The quantitative estimate of drug-likeness (QED) is 0.690. The lowest BCUT2D eigenvalue weighted by Gasteiger charge is -2.19. The molecule has 0 saturated heterocycles. The van der Waals surface area contributed by atoms with Gasteiger partial charge in [0.2, 0.25) is 5.91 Å². The molecule has 0 fully saturated rings. The molecule has 1 atom stereocenters. The van der Waals surface area contributed by atoms with E-state index in [9.17, 15) is 18.4 Å². The third kappa shape index (κ3) is 4.76. The van der Waals surface area contributed by atoms with Crippen molar-refractivity contribution in [3.8, 4) is 0 Å². The Labute approximate surface area is 160 Å². The molecule has 1 aromatic heterocycles. The Balaban J connectivity index is 1.68. The second-order valence-corrected chi connectivity index (χ2v) is 5.97. The Kier molecular flexibility index (Phi) is 6.06. The van der Waals surface area contributed by atoms with Crippen molar-refractivity contribution in [2.75, 3.05) is 6.54 Å². The third-order valence-electron chi connectivity index (χ3n) is 4.01. The lowest BCUT2D eigenvalue weighted by molar-refractivity contribution is -0.120. The molecule has 0 bridgehead atoms. The standard InChI is InChI=1S/C21H17F2N3O2/c22-15-9-10-16(17(23)12-15)21(28)25-13-19(27)26-20(14-6-2-1-3-7-14)18-8-4-5-11-24-18/h1-12,20H,13H2,(H,25,28)(H,26,27). The van der Waals surface area contributed by atoms with Crippen molar-refractivity contribution in [2.24, 2.45) is 0 Å². The van der Waals surface area contributed by atoms with E-state index < -0.39 is 29.5 Å². The smallest absolute Gasteiger partial charge is 0.254 e. The summed E-state index contributed by atoms with van der Waals surface area (Å²) in [5.41, 5.74) is 1.13. The molecule has 142 valence electrons. The SMILES string of the molecule is O=C(CNC(=O)c1ccc(F)cc1F)NC(c1ccccc1)c1ccccn1. The number of amides is 2. The Bertz CT molecular complexity index is 926. The minimum absolute atomic E-state index is 0.335. The van der Waals surface area contributed by atoms with E-state index in [-0.39, 0.29) is 12.1 Å². The lowest BCUT2D eigenvalue weighted by atomic mass is 10.0. The fourth-order valence-electron chi connectivity index (χ4n) is 2.66. The summed E-state index contributed by atoms with van der Waals surface area (Å²) in [6.45, 7) is -0.369. The maximum atomic E-state index is 13.7. The third-order valence-corrected chi connectivity index (χ3v) is 4.01. The number of nitrogens with one attached hydrogen (secondary N) is 2. The van der Waals surface area contributed by atoms with E-state index in [0.29, 0.717) is 11.8 Å². The number of hydrogen-bond donors (Lipinski definition) is 2. The summed E-state index contributed by atoms with van der Waals surface area (Å²) >= 11 is 0. The van der Waals surface area contributed by atoms with E-state index in [2.05, 4.69) is 15.6 Å². The summed E-state index contributed by atoms with van der Waals surface area (Å²) in [4.78, 5) is 28.7. The van der Waals surface area contributed by atoms with Crippen molar-refractivity contribution in [1.82, 2.24) is 15.6 Å². The van der Waals surface area contributed by atoms with Crippen LogP contribution < -0.4 is 10.6 Å². The molecule has 0 aliphatic carbocycles. The molecule has 0 aliphatic heterocycles. The average Bonchev–Trinajstić information content (AvgIpc) is 2.71. The number of aromatic nitrogens is 1. The van der Waals surface area contributed by atoms with Gasteiger partial charge in [-0.1, -0.05) is 36.4 Å². The normalized spacial score (nSPS) is 11.5. The van der Waals surface area contributed by atoms with Crippen LogP contribution in [0.1, 0.15) is 27.7 Å². The van der Waals surface area contributed by atoms with Gasteiger partial charge in [-0.25, -0.2) is 8.78 Å². The van der Waals surface area contributed by atoms with Crippen LogP contribution in [0.2, 0.25) is 0 Å². The largest absolute Gasteiger partial charge is 0.343 e. The Morgan fingerprint density at radius 3 is 2.39 bits per heavy atom. The average molecular weight is 381 g/mol. The first-order valence-corrected chi connectivity index (χ1v) is 8.53. The number of pyridine rings is 1. The van der Waals surface area contributed by atoms with Crippen molar-refractivity contribution in [3.05, 3.63) is 101 Å². The predicted octanol–water partition coefficient (Wildman–Crippen LogP) is 3.00. The van der Waals surface area contributed by atoms with Crippen LogP contribution in [0.25, 0.3) is 0 Å². The molecule has 0 radical (unpaired) electrons. The van der Waals surface area contributed by atoms with Crippen LogP contribution in [0, 0.1) is 11.6 Å². The summed E-state index contributed by atoms with van der Waals surface area (Å²) < 4.78 is 26.6. The first-order valence-electron chi connectivity index (χ1n) is 8.53. The second-order valence-electron chi connectivity index (χ2n) is 5.97. The highest BCUT2D eigenvalue weighted by molar-refractivity contribution is 5.96. The fraction of sp³-hybridized carbons (Fsp3) is 0.0952. The number of benzene rings is 2. The van der Waals surface area contributed by atoms with Gasteiger partial charge >= 0.3 is 0 Å². The van der Waals surface area contributed by atoms with Gasteiger partial charge in [-0.2, -0.15) is 0 Å². The molecular weight excluding hydrogens is 364 g/mol.